The van der Waals surface area contributed by atoms with Crippen molar-refractivity contribution in [3.8, 4) is 11.5 Å². The Morgan fingerprint density at radius 2 is 1.41 bits per heavy atom. The van der Waals surface area contributed by atoms with Crippen LogP contribution in [0.25, 0.3) is 0 Å². The number of hydrogen-bond donors (Lipinski definition) is 3. The average Bonchev–Trinajstić information content (AvgIpc) is 2.63. The van der Waals surface area contributed by atoms with Crippen LogP contribution in [0.3, 0.4) is 0 Å². The van der Waals surface area contributed by atoms with E-state index < -0.39 is 26.4 Å². The summed E-state index contributed by atoms with van der Waals surface area (Å²) in [6.45, 7) is 0. The van der Waals surface area contributed by atoms with Crippen LogP contribution in [-0.4, -0.2) is 23.2 Å². The van der Waals surface area contributed by atoms with Crippen LogP contribution in [0.1, 0.15) is 16.7 Å². The predicted molar refractivity (Wildman–Crippen MR) is 114 cm³/mol. The molecule has 3 aromatic carbocycles. The van der Waals surface area contributed by atoms with Gasteiger partial charge in [-0.3, -0.25) is 4.55 Å². The molecule has 0 heterocycles. The quantitative estimate of drug-likeness (QED) is 0.182. The number of rotatable bonds is 4. The van der Waals surface area contributed by atoms with Crippen LogP contribution < -0.4 is 0 Å². The average molecular weight is 494 g/mol. The zero-order valence-electron chi connectivity index (χ0n) is 14.3. The van der Waals surface area contributed by atoms with Gasteiger partial charge >= 0.3 is 0 Å². The molecule has 3 rings (SSSR count). The zero-order valence-corrected chi connectivity index (χ0v) is 18.1. The lowest BCUT2D eigenvalue weighted by atomic mass is 9.83. The third-order valence-corrected chi connectivity index (χ3v) is 7.16. The van der Waals surface area contributed by atoms with Gasteiger partial charge in [-0.25, -0.2) is 0 Å². The lowest BCUT2D eigenvalue weighted by Gasteiger charge is -2.33. The highest BCUT2D eigenvalue weighted by Crippen LogP contribution is 2.51. The van der Waals surface area contributed by atoms with E-state index in [1.807, 2.05) is 0 Å². The molecule has 0 aliphatic carbocycles. The molecule has 3 aromatic rings. The molecular formula is C19H12Cl4O5S. The van der Waals surface area contributed by atoms with E-state index in [1.54, 1.807) is 18.2 Å². The van der Waals surface area contributed by atoms with Crippen LogP contribution in [0.15, 0.2) is 54.6 Å². The first kappa shape index (κ1) is 22.0. The maximum Gasteiger partial charge on any atom is 0.283 e. The van der Waals surface area contributed by atoms with E-state index in [1.165, 1.54) is 24.3 Å². The van der Waals surface area contributed by atoms with E-state index in [0.717, 1.165) is 12.1 Å². The van der Waals surface area contributed by atoms with Gasteiger partial charge in [0.1, 0.15) is 0 Å². The molecule has 0 amide bonds. The maximum atomic E-state index is 13.0. The third kappa shape index (κ3) is 3.65. The first-order valence-corrected chi connectivity index (χ1v) is 10.8. The van der Waals surface area contributed by atoms with Crippen LogP contribution in [-0.2, 0) is 14.9 Å². The van der Waals surface area contributed by atoms with Gasteiger partial charge in [0.25, 0.3) is 10.1 Å². The molecule has 152 valence electrons. The fourth-order valence-electron chi connectivity index (χ4n) is 3.19. The van der Waals surface area contributed by atoms with Gasteiger partial charge in [0, 0.05) is 10.6 Å². The molecule has 0 aromatic heterocycles. The summed E-state index contributed by atoms with van der Waals surface area (Å²) in [4.78, 5) is 0. The van der Waals surface area contributed by atoms with Gasteiger partial charge in [-0.05, 0) is 35.4 Å². The van der Waals surface area contributed by atoms with Crippen molar-refractivity contribution in [3.63, 3.8) is 0 Å². The van der Waals surface area contributed by atoms with Gasteiger partial charge in [0.15, 0.2) is 16.2 Å². The number of halogens is 4. The molecule has 1 unspecified atom stereocenters. The Morgan fingerprint density at radius 3 is 1.97 bits per heavy atom. The Bertz CT molecular complexity index is 1180. The lowest BCUT2D eigenvalue weighted by molar-refractivity contribution is 0.402. The number of hydrogen-bond acceptors (Lipinski definition) is 4. The molecule has 0 radical (unpaired) electrons. The summed E-state index contributed by atoms with van der Waals surface area (Å²) < 4.78 is 34.0. The summed E-state index contributed by atoms with van der Waals surface area (Å²) in [7, 11) is -5.04. The van der Waals surface area contributed by atoms with E-state index in [9.17, 15) is 23.2 Å². The van der Waals surface area contributed by atoms with E-state index in [-0.39, 0.29) is 36.8 Å². The Balaban J connectivity index is 2.62. The van der Waals surface area contributed by atoms with Crippen molar-refractivity contribution in [2.24, 2.45) is 0 Å². The molecular weight excluding hydrogens is 482 g/mol. The van der Waals surface area contributed by atoms with Crippen molar-refractivity contribution in [1.29, 1.82) is 0 Å². The molecule has 1 atom stereocenters. The second kappa shape index (κ2) is 7.87. The fraction of sp³-hybridized carbons (Fsp3) is 0.0526. The Hall–Kier alpha value is -1.67. The van der Waals surface area contributed by atoms with E-state index in [2.05, 4.69) is 0 Å². The van der Waals surface area contributed by atoms with E-state index in [0.29, 0.717) is 0 Å². The second-order valence-electron chi connectivity index (χ2n) is 6.10. The summed E-state index contributed by atoms with van der Waals surface area (Å²) in [5, 5.41) is 19.4. The van der Waals surface area contributed by atoms with Gasteiger partial charge in [0.2, 0.25) is 0 Å². The Morgan fingerprint density at radius 1 is 0.793 bits per heavy atom. The first-order chi connectivity index (χ1) is 13.5. The molecule has 0 fully saturated rings. The Labute approximate surface area is 186 Å². The summed E-state index contributed by atoms with van der Waals surface area (Å²) in [5.74, 6) is -1.34. The minimum atomic E-state index is -5.04. The first-order valence-electron chi connectivity index (χ1n) is 7.89. The third-order valence-electron chi connectivity index (χ3n) is 4.39. The largest absolute Gasteiger partial charge is 0.504 e. The van der Waals surface area contributed by atoms with Crippen molar-refractivity contribution in [1.82, 2.24) is 0 Å². The zero-order chi connectivity index (χ0) is 21.6. The molecule has 3 N–H and O–H groups in total. The highest BCUT2D eigenvalue weighted by Gasteiger charge is 2.50. The standard InChI is InChI=1S/C19H12Cl4O5S/c20-12-8-13(17(23)14(21)9-12)19(29(26,27)28,10-4-2-1-3-5-10)11-6-15(22)18(25)16(24)7-11/h1-9,24-25H,(H,26,27,28). The summed E-state index contributed by atoms with van der Waals surface area (Å²) in [6, 6.07) is 12.3. The van der Waals surface area contributed by atoms with Gasteiger partial charge in [-0.2, -0.15) is 8.42 Å². The molecule has 5 nitrogen and oxygen atoms in total. The summed E-state index contributed by atoms with van der Waals surface area (Å²) in [5.41, 5.74) is -0.276. The van der Waals surface area contributed by atoms with Crippen LogP contribution >= 0.6 is 46.4 Å². The monoisotopic (exact) mass is 492 g/mol. The lowest BCUT2D eigenvalue weighted by Crippen LogP contribution is -2.38. The smallest absolute Gasteiger partial charge is 0.283 e. The van der Waals surface area contributed by atoms with Crippen molar-refractivity contribution < 1.29 is 23.2 Å². The molecule has 29 heavy (non-hydrogen) atoms. The van der Waals surface area contributed by atoms with Crippen LogP contribution in [0, 0.1) is 0 Å². The van der Waals surface area contributed by atoms with Crippen LogP contribution in [0.5, 0.6) is 11.5 Å². The topological polar surface area (TPSA) is 94.8 Å². The van der Waals surface area contributed by atoms with Gasteiger partial charge in [-0.1, -0.05) is 76.7 Å². The summed E-state index contributed by atoms with van der Waals surface area (Å²) >= 11 is 24.6. The number of phenols is 2. The van der Waals surface area contributed by atoms with Gasteiger partial charge in [-0.15, -0.1) is 0 Å². The molecule has 0 saturated carbocycles. The molecule has 0 spiro atoms. The van der Waals surface area contributed by atoms with Crippen LogP contribution in [0.2, 0.25) is 20.1 Å². The van der Waals surface area contributed by atoms with Gasteiger partial charge < -0.3 is 10.2 Å². The molecule has 0 aliphatic heterocycles. The number of benzene rings is 3. The Kier molecular flexibility index (Phi) is 5.98. The normalized spacial score (nSPS) is 13.8. The summed E-state index contributed by atoms with van der Waals surface area (Å²) in [6.07, 6.45) is 0. The minimum absolute atomic E-state index is 0.0489. The molecule has 0 aliphatic rings. The van der Waals surface area contributed by atoms with Crippen molar-refractivity contribution >= 4 is 56.5 Å². The number of aromatic hydroxyl groups is 2. The van der Waals surface area contributed by atoms with E-state index >= 15 is 0 Å². The fourth-order valence-corrected chi connectivity index (χ4v) is 5.49. The predicted octanol–water partition coefficient (Wildman–Crippen LogP) is 5.89. The molecule has 0 saturated heterocycles. The second-order valence-corrected chi connectivity index (χ2v) is 9.29. The van der Waals surface area contributed by atoms with E-state index in [4.69, 9.17) is 46.4 Å². The van der Waals surface area contributed by atoms with Crippen molar-refractivity contribution in [3.05, 3.63) is 91.4 Å². The van der Waals surface area contributed by atoms with Crippen LogP contribution in [0.4, 0.5) is 0 Å². The molecule has 10 heteroatoms. The van der Waals surface area contributed by atoms with Crippen molar-refractivity contribution in [2.45, 2.75) is 4.75 Å². The SMILES string of the molecule is O=S(=O)(O)C(c1ccccc1)(c1cc(O)c(O)c(Cl)c1)c1cc(Cl)cc(Cl)c1Cl. The minimum Gasteiger partial charge on any atom is -0.504 e. The van der Waals surface area contributed by atoms with Gasteiger partial charge in [0.05, 0.1) is 15.1 Å². The van der Waals surface area contributed by atoms with Crippen molar-refractivity contribution in [2.75, 3.05) is 0 Å². The molecule has 0 bridgehead atoms. The maximum absolute atomic E-state index is 13.0. The highest BCUT2D eigenvalue weighted by atomic mass is 35.5. The highest BCUT2D eigenvalue weighted by molar-refractivity contribution is 7.87. The number of phenolic OH excluding ortho intramolecular Hbond substituents is 2.